The van der Waals surface area contributed by atoms with Crippen LogP contribution in [-0.2, 0) is 11.3 Å². The molecule has 3 rings (SSSR count). The van der Waals surface area contributed by atoms with Crippen LogP contribution < -0.4 is 10.1 Å². The first-order valence-electron chi connectivity index (χ1n) is 8.66. The molecular formula is C21H21ClN2O2S. The number of aromatic nitrogens is 1. The number of thiazole rings is 1. The molecule has 1 unspecified atom stereocenters. The smallest absolute Gasteiger partial charge is 0.261 e. The van der Waals surface area contributed by atoms with Crippen molar-refractivity contribution in [2.24, 2.45) is 0 Å². The summed E-state index contributed by atoms with van der Waals surface area (Å²) in [6, 6.07) is 15.3. The second-order valence-corrected chi connectivity index (χ2v) is 7.79. The van der Waals surface area contributed by atoms with Crippen LogP contribution in [0.3, 0.4) is 0 Å². The minimum Gasteiger partial charge on any atom is -0.481 e. The second-order valence-electron chi connectivity index (χ2n) is 6.30. The lowest BCUT2D eigenvalue weighted by molar-refractivity contribution is -0.127. The van der Waals surface area contributed by atoms with Crippen molar-refractivity contribution in [2.75, 3.05) is 0 Å². The minimum absolute atomic E-state index is 0.163. The number of ether oxygens (including phenoxy) is 1. The highest BCUT2D eigenvalue weighted by atomic mass is 35.5. The molecule has 0 saturated heterocycles. The van der Waals surface area contributed by atoms with Gasteiger partial charge in [-0.1, -0.05) is 41.9 Å². The molecule has 1 heterocycles. The van der Waals surface area contributed by atoms with E-state index in [0.29, 0.717) is 17.3 Å². The maximum absolute atomic E-state index is 12.4. The van der Waals surface area contributed by atoms with E-state index in [1.54, 1.807) is 6.92 Å². The molecule has 0 saturated carbocycles. The first kappa shape index (κ1) is 19.4. The molecule has 0 aliphatic heterocycles. The highest BCUT2D eigenvalue weighted by molar-refractivity contribution is 7.15. The predicted octanol–water partition coefficient (Wildman–Crippen LogP) is 5.16. The number of nitrogens with zero attached hydrogens (tertiary/aromatic N) is 1. The number of carbonyl (C=O) groups excluding carboxylic acids is 1. The maximum Gasteiger partial charge on any atom is 0.261 e. The van der Waals surface area contributed by atoms with Crippen molar-refractivity contribution in [3.8, 4) is 16.3 Å². The maximum atomic E-state index is 12.4. The van der Waals surface area contributed by atoms with E-state index < -0.39 is 6.10 Å². The first-order chi connectivity index (χ1) is 12.9. The molecule has 4 nitrogen and oxygen atoms in total. The van der Waals surface area contributed by atoms with Gasteiger partial charge in [-0.2, -0.15) is 0 Å². The quantitative estimate of drug-likeness (QED) is 0.621. The molecule has 0 spiro atoms. The van der Waals surface area contributed by atoms with E-state index in [2.05, 4.69) is 10.3 Å². The number of halogens is 1. The molecule has 1 aromatic heterocycles. The molecule has 1 amide bonds. The van der Waals surface area contributed by atoms with Gasteiger partial charge in [-0.25, -0.2) is 4.98 Å². The summed E-state index contributed by atoms with van der Waals surface area (Å²) in [7, 11) is 0. The monoisotopic (exact) mass is 400 g/mol. The Balaban J connectivity index is 1.63. The molecule has 0 radical (unpaired) electrons. The Labute approximate surface area is 168 Å². The van der Waals surface area contributed by atoms with Gasteiger partial charge in [-0.05, 0) is 44.5 Å². The van der Waals surface area contributed by atoms with Gasteiger partial charge in [0.2, 0.25) is 0 Å². The molecule has 140 valence electrons. The number of hydrogen-bond acceptors (Lipinski definition) is 4. The van der Waals surface area contributed by atoms with Crippen LogP contribution in [0.1, 0.15) is 23.1 Å². The number of hydrogen-bond donors (Lipinski definition) is 1. The van der Waals surface area contributed by atoms with Gasteiger partial charge in [0.15, 0.2) is 6.10 Å². The Hall–Kier alpha value is -2.37. The van der Waals surface area contributed by atoms with Crippen molar-refractivity contribution in [1.29, 1.82) is 0 Å². The van der Waals surface area contributed by atoms with Gasteiger partial charge in [0, 0.05) is 10.4 Å². The molecule has 0 fully saturated rings. The Bertz CT molecular complexity index is 955. The van der Waals surface area contributed by atoms with Gasteiger partial charge in [0.25, 0.3) is 5.91 Å². The van der Waals surface area contributed by atoms with Gasteiger partial charge in [-0.15, -0.1) is 11.3 Å². The zero-order valence-electron chi connectivity index (χ0n) is 15.5. The van der Waals surface area contributed by atoms with Crippen LogP contribution in [0.5, 0.6) is 5.75 Å². The normalized spacial score (nSPS) is 11.9. The van der Waals surface area contributed by atoms with E-state index >= 15 is 0 Å². The van der Waals surface area contributed by atoms with Crippen LogP contribution in [0, 0.1) is 13.8 Å². The third-order valence-corrected chi connectivity index (χ3v) is 5.61. The fraction of sp³-hybridized carbons (Fsp3) is 0.238. The summed E-state index contributed by atoms with van der Waals surface area (Å²) in [4.78, 5) is 18.0. The average molecular weight is 401 g/mol. The van der Waals surface area contributed by atoms with E-state index in [1.807, 2.05) is 62.4 Å². The summed E-state index contributed by atoms with van der Waals surface area (Å²) in [6.45, 7) is 6.08. The Morgan fingerprint density at radius 2 is 2.00 bits per heavy atom. The highest BCUT2D eigenvalue weighted by Gasteiger charge is 2.17. The number of amides is 1. The minimum atomic E-state index is -0.580. The van der Waals surface area contributed by atoms with Crippen LogP contribution in [0.25, 0.3) is 10.6 Å². The van der Waals surface area contributed by atoms with Crippen molar-refractivity contribution in [2.45, 2.75) is 33.4 Å². The standard InChI is InChI=1S/C21H21ClN2O2S/c1-13-7-6-8-16(11-13)26-15(3)20(25)23-12-19-14(2)24-21(27-19)17-9-4-5-10-18(17)22/h4-11,15H,12H2,1-3H3,(H,23,25). The third-order valence-electron chi connectivity index (χ3n) is 4.09. The third kappa shape index (κ3) is 4.87. The average Bonchev–Trinajstić information content (AvgIpc) is 3.00. The van der Waals surface area contributed by atoms with Gasteiger partial charge in [0.05, 0.1) is 17.3 Å². The molecule has 0 bridgehead atoms. The van der Waals surface area contributed by atoms with Crippen molar-refractivity contribution < 1.29 is 9.53 Å². The summed E-state index contributed by atoms with van der Waals surface area (Å²) < 4.78 is 5.72. The molecule has 0 aliphatic rings. The van der Waals surface area contributed by atoms with E-state index in [1.165, 1.54) is 11.3 Å². The molecule has 3 aromatic rings. The van der Waals surface area contributed by atoms with Crippen molar-refractivity contribution in [3.05, 3.63) is 69.7 Å². The number of aryl methyl sites for hydroxylation is 2. The van der Waals surface area contributed by atoms with Gasteiger partial charge in [0.1, 0.15) is 10.8 Å². The van der Waals surface area contributed by atoms with Crippen molar-refractivity contribution >= 4 is 28.8 Å². The van der Waals surface area contributed by atoms with E-state index in [-0.39, 0.29) is 5.91 Å². The summed E-state index contributed by atoms with van der Waals surface area (Å²) in [5.41, 5.74) is 2.89. The fourth-order valence-electron chi connectivity index (χ4n) is 2.60. The van der Waals surface area contributed by atoms with Gasteiger partial charge in [-0.3, -0.25) is 4.79 Å². The molecule has 27 heavy (non-hydrogen) atoms. The number of benzene rings is 2. The van der Waals surface area contributed by atoms with E-state index in [9.17, 15) is 4.79 Å². The predicted molar refractivity (Wildman–Crippen MR) is 110 cm³/mol. The lowest BCUT2D eigenvalue weighted by Crippen LogP contribution is -2.35. The van der Waals surface area contributed by atoms with Crippen molar-refractivity contribution in [3.63, 3.8) is 0 Å². The van der Waals surface area contributed by atoms with Crippen LogP contribution in [-0.4, -0.2) is 17.0 Å². The van der Waals surface area contributed by atoms with E-state index in [4.69, 9.17) is 16.3 Å². The zero-order valence-corrected chi connectivity index (χ0v) is 17.0. The van der Waals surface area contributed by atoms with E-state index in [0.717, 1.165) is 26.7 Å². The van der Waals surface area contributed by atoms with Gasteiger partial charge >= 0.3 is 0 Å². The zero-order chi connectivity index (χ0) is 19.4. The summed E-state index contributed by atoms with van der Waals surface area (Å²) in [6.07, 6.45) is -0.580. The fourth-order valence-corrected chi connectivity index (χ4v) is 3.92. The van der Waals surface area contributed by atoms with Crippen LogP contribution >= 0.6 is 22.9 Å². The lowest BCUT2D eigenvalue weighted by Gasteiger charge is -2.14. The molecule has 0 aliphatic carbocycles. The Morgan fingerprint density at radius 3 is 2.74 bits per heavy atom. The molecule has 6 heteroatoms. The summed E-state index contributed by atoms with van der Waals surface area (Å²) >= 11 is 7.79. The molecule has 1 atom stereocenters. The molecule has 1 N–H and O–H groups in total. The topological polar surface area (TPSA) is 51.2 Å². The SMILES string of the molecule is Cc1cccc(OC(C)C(=O)NCc2sc(-c3ccccc3Cl)nc2C)c1. The number of rotatable bonds is 6. The first-order valence-corrected chi connectivity index (χ1v) is 9.85. The lowest BCUT2D eigenvalue weighted by atomic mass is 10.2. The van der Waals surface area contributed by atoms with Crippen LogP contribution in [0.15, 0.2) is 48.5 Å². The largest absolute Gasteiger partial charge is 0.481 e. The van der Waals surface area contributed by atoms with Crippen LogP contribution in [0.4, 0.5) is 0 Å². The van der Waals surface area contributed by atoms with Crippen molar-refractivity contribution in [1.82, 2.24) is 10.3 Å². The molecular weight excluding hydrogens is 380 g/mol. The highest BCUT2D eigenvalue weighted by Crippen LogP contribution is 2.32. The number of carbonyl (C=O) groups is 1. The molecule has 2 aromatic carbocycles. The van der Waals surface area contributed by atoms with Crippen LogP contribution in [0.2, 0.25) is 5.02 Å². The summed E-state index contributed by atoms with van der Waals surface area (Å²) in [5, 5.41) is 4.45. The Kier molecular flexibility index (Phi) is 6.14. The second kappa shape index (κ2) is 8.55. The number of nitrogens with one attached hydrogen (secondary N) is 1. The Morgan fingerprint density at radius 1 is 1.22 bits per heavy atom. The summed E-state index contributed by atoms with van der Waals surface area (Å²) in [5.74, 6) is 0.524. The van der Waals surface area contributed by atoms with Gasteiger partial charge < -0.3 is 10.1 Å².